The molecule has 33 heavy (non-hydrogen) atoms. The molecule has 0 amide bonds. The Labute approximate surface area is 192 Å². The Morgan fingerprint density at radius 2 is 1.94 bits per heavy atom. The highest BCUT2D eigenvalue weighted by Gasteiger charge is 2.16. The van der Waals surface area contributed by atoms with Gasteiger partial charge >= 0.3 is 5.97 Å². The predicted molar refractivity (Wildman–Crippen MR) is 121 cm³/mol. The number of esters is 1. The Kier molecular flexibility index (Phi) is 7.54. The van der Waals surface area contributed by atoms with Crippen molar-refractivity contribution in [3.05, 3.63) is 48.3 Å². The molecule has 174 valence electrons. The summed E-state index contributed by atoms with van der Waals surface area (Å²) in [6.45, 7) is 5.07. The summed E-state index contributed by atoms with van der Waals surface area (Å²) in [7, 11) is 2.91. The number of aromatic nitrogens is 2. The van der Waals surface area contributed by atoms with E-state index in [1.54, 1.807) is 37.4 Å². The van der Waals surface area contributed by atoms with Crippen molar-refractivity contribution in [2.45, 2.75) is 6.42 Å². The molecule has 1 fully saturated rings. The van der Waals surface area contributed by atoms with E-state index in [1.165, 1.54) is 13.4 Å². The molecule has 1 saturated heterocycles. The van der Waals surface area contributed by atoms with Gasteiger partial charge in [0.2, 0.25) is 5.88 Å². The second-order valence-electron chi connectivity index (χ2n) is 7.48. The van der Waals surface area contributed by atoms with E-state index in [-0.39, 0.29) is 0 Å². The molecule has 1 aliphatic rings. The number of methoxy groups -OCH3 is 2. The first-order valence-corrected chi connectivity index (χ1v) is 10.8. The Bertz CT molecular complexity index is 1100. The fourth-order valence-electron chi connectivity index (χ4n) is 3.64. The van der Waals surface area contributed by atoms with Gasteiger partial charge < -0.3 is 23.7 Å². The topological polar surface area (TPSA) is 92.2 Å². The molecule has 0 atom stereocenters. The van der Waals surface area contributed by atoms with Gasteiger partial charge in [-0.2, -0.15) is 0 Å². The predicted octanol–water partition coefficient (Wildman–Crippen LogP) is 3.32. The van der Waals surface area contributed by atoms with Crippen molar-refractivity contribution in [1.82, 2.24) is 14.9 Å². The zero-order valence-electron chi connectivity index (χ0n) is 18.8. The van der Waals surface area contributed by atoms with Crippen LogP contribution in [0.15, 0.2) is 42.7 Å². The van der Waals surface area contributed by atoms with Gasteiger partial charge in [0.05, 0.1) is 45.1 Å². The average Bonchev–Trinajstić information content (AvgIpc) is 2.86. The third-order valence-electron chi connectivity index (χ3n) is 5.32. The van der Waals surface area contributed by atoms with Crippen LogP contribution in [0.3, 0.4) is 0 Å². The zero-order valence-corrected chi connectivity index (χ0v) is 18.8. The molecule has 2 heterocycles. The summed E-state index contributed by atoms with van der Waals surface area (Å²) in [6.07, 6.45) is 2.33. The lowest BCUT2D eigenvalue weighted by molar-refractivity contribution is 0.0358. The number of benzene rings is 2. The van der Waals surface area contributed by atoms with Gasteiger partial charge in [-0.3, -0.25) is 4.90 Å². The maximum atomic E-state index is 11.8. The molecule has 3 aromatic rings. The summed E-state index contributed by atoms with van der Waals surface area (Å²) in [6, 6.07) is 10.3. The molecule has 4 rings (SSSR count). The first-order chi connectivity index (χ1) is 16.2. The van der Waals surface area contributed by atoms with E-state index in [1.807, 2.05) is 6.07 Å². The maximum absolute atomic E-state index is 11.8. The van der Waals surface area contributed by atoms with Crippen LogP contribution in [0.1, 0.15) is 16.8 Å². The largest absolute Gasteiger partial charge is 0.496 e. The Morgan fingerprint density at radius 3 is 2.73 bits per heavy atom. The van der Waals surface area contributed by atoms with Crippen LogP contribution < -0.4 is 14.2 Å². The summed E-state index contributed by atoms with van der Waals surface area (Å²) < 4.78 is 27.7. The minimum absolute atomic E-state index is 0.317. The molecular formula is C24H27N3O6. The first kappa shape index (κ1) is 22.8. The van der Waals surface area contributed by atoms with Crippen LogP contribution in [0.4, 0.5) is 0 Å². The molecule has 9 heteroatoms. The molecular weight excluding hydrogens is 426 g/mol. The van der Waals surface area contributed by atoms with Crippen molar-refractivity contribution in [3.8, 4) is 23.1 Å². The van der Waals surface area contributed by atoms with E-state index in [9.17, 15) is 4.79 Å². The lowest BCUT2D eigenvalue weighted by atomic mass is 10.2. The van der Waals surface area contributed by atoms with Crippen LogP contribution in [-0.2, 0) is 9.47 Å². The van der Waals surface area contributed by atoms with Crippen LogP contribution in [0.25, 0.3) is 10.9 Å². The smallest absolute Gasteiger partial charge is 0.337 e. The minimum Gasteiger partial charge on any atom is -0.496 e. The number of carbonyl (C=O) groups is 1. The quantitative estimate of drug-likeness (QED) is 0.357. The number of ether oxygens (including phenoxy) is 5. The van der Waals surface area contributed by atoms with Gasteiger partial charge in [-0.1, -0.05) is 6.07 Å². The van der Waals surface area contributed by atoms with Crippen LogP contribution in [0.2, 0.25) is 0 Å². The van der Waals surface area contributed by atoms with Crippen LogP contribution in [-0.4, -0.2) is 74.5 Å². The van der Waals surface area contributed by atoms with E-state index in [0.717, 1.165) is 39.3 Å². The third-order valence-corrected chi connectivity index (χ3v) is 5.32. The molecule has 0 spiro atoms. The fraction of sp³-hybridized carbons (Fsp3) is 0.375. The van der Waals surface area contributed by atoms with E-state index < -0.39 is 5.97 Å². The van der Waals surface area contributed by atoms with Gasteiger partial charge in [0.15, 0.2) is 0 Å². The summed E-state index contributed by atoms with van der Waals surface area (Å²) in [5, 5.41) is 0.615. The van der Waals surface area contributed by atoms with E-state index in [4.69, 9.17) is 23.7 Å². The Hall–Kier alpha value is -3.43. The van der Waals surface area contributed by atoms with Gasteiger partial charge in [-0.25, -0.2) is 14.8 Å². The normalized spacial score (nSPS) is 14.1. The monoisotopic (exact) mass is 453 g/mol. The van der Waals surface area contributed by atoms with Gasteiger partial charge in [-0.15, -0.1) is 0 Å². The highest BCUT2D eigenvalue weighted by atomic mass is 16.5. The van der Waals surface area contributed by atoms with Crippen molar-refractivity contribution in [2.24, 2.45) is 0 Å². The number of hydrogen-bond acceptors (Lipinski definition) is 9. The van der Waals surface area contributed by atoms with E-state index >= 15 is 0 Å². The average molecular weight is 453 g/mol. The summed E-state index contributed by atoms with van der Waals surface area (Å²) in [4.78, 5) is 22.8. The van der Waals surface area contributed by atoms with Gasteiger partial charge in [0.1, 0.15) is 29.0 Å². The summed E-state index contributed by atoms with van der Waals surface area (Å²) in [5.74, 6) is 1.52. The molecule has 9 nitrogen and oxygen atoms in total. The molecule has 0 saturated carbocycles. The van der Waals surface area contributed by atoms with Gasteiger partial charge in [0, 0.05) is 31.8 Å². The zero-order chi connectivity index (χ0) is 23.0. The minimum atomic E-state index is -0.444. The van der Waals surface area contributed by atoms with Crippen molar-refractivity contribution in [1.29, 1.82) is 0 Å². The van der Waals surface area contributed by atoms with Crippen molar-refractivity contribution in [2.75, 3.05) is 53.7 Å². The summed E-state index contributed by atoms with van der Waals surface area (Å²) >= 11 is 0. The lowest BCUT2D eigenvalue weighted by Gasteiger charge is -2.26. The lowest BCUT2D eigenvalue weighted by Crippen LogP contribution is -2.37. The molecule has 0 aliphatic carbocycles. The number of morpholine rings is 1. The highest BCUT2D eigenvalue weighted by molar-refractivity contribution is 5.91. The van der Waals surface area contributed by atoms with Crippen molar-refractivity contribution >= 4 is 16.9 Å². The molecule has 0 bridgehead atoms. The number of hydrogen-bond donors (Lipinski definition) is 0. The highest BCUT2D eigenvalue weighted by Crippen LogP contribution is 2.37. The van der Waals surface area contributed by atoms with Gasteiger partial charge in [0.25, 0.3) is 0 Å². The third kappa shape index (κ3) is 5.68. The molecule has 2 aromatic carbocycles. The van der Waals surface area contributed by atoms with Crippen molar-refractivity contribution in [3.63, 3.8) is 0 Å². The van der Waals surface area contributed by atoms with E-state index in [2.05, 4.69) is 14.9 Å². The number of carbonyl (C=O) groups excluding carboxylic acids is 1. The molecule has 0 unspecified atom stereocenters. The SMILES string of the molecule is COC(=O)c1cccc(Oc2ncnc3cc(OCCCN4CCOCC4)cc(OC)c23)c1. The number of nitrogens with zero attached hydrogens (tertiary/aromatic N) is 3. The molecule has 1 aromatic heterocycles. The molecule has 1 aliphatic heterocycles. The van der Waals surface area contributed by atoms with Crippen LogP contribution >= 0.6 is 0 Å². The van der Waals surface area contributed by atoms with Crippen LogP contribution in [0, 0.1) is 0 Å². The van der Waals surface area contributed by atoms with Crippen LogP contribution in [0.5, 0.6) is 23.1 Å². The number of rotatable bonds is 9. The second kappa shape index (κ2) is 10.9. The van der Waals surface area contributed by atoms with E-state index in [0.29, 0.717) is 46.2 Å². The number of fused-ring (bicyclic) bond motifs is 1. The summed E-state index contributed by atoms with van der Waals surface area (Å²) in [5.41, 5.74) is 1.01. The maximum Gasteiger partial charge on any atom is 0.337 e. The van der Waals surface area contributed by atoms with Crippen molar-refractivity contribution < 1.29 is 28.5 Å². The standard InChI is InChI=1S/C24H27N3O6/c1-29-21-15-19(32-10-4-7-27-8-11-31-12-9-27)14-20-22(21)23(26-16-25-20)33-18-6-3-5-17(13-18)24(28)30-2/h3,5-6,13-16H,4,7-12H2,1-2H3. The first-order valence-electron chi connectivity index (χ1n) is 10.8. The second-order valence-corrected chi connectivity index (χ2v) is 7.48. The Morgan fingerprint density at radius 1 is 1.09 bits per heavy atom. The Balaban J connectivity index is 1.49. The van der Waals surface area contributed by atoms with Gasteiger partial charge in [-0.05, 0) is 24.6 Å². The molecule has 0 N–H and O–H groups in total. The molecule has 0 radical (unpaired) electrons. The fourth-order valence-corrected chi connectivity index (χ4v) is 3.64.